The number of halogens is 1. The van der Waals surface area contributed by atoms with Crippen LogP contribution >= 0.6 is 11.6 Å². The molecule has 2 atom stereocenters. The van der Waals surface area contributed by atoms with E-state index in [2.05, 4.69) is 17.4 Å². The number of nitrogens with one attached hydrogen (secondary N) is 1. The summed E-state index contributed by atoms with van der Waals surface area (Å²) in [7, 11) is 0. The Kier molecular flexibility index (Phi) is 6.38. The van der Waals surface area contributed by atoms with E-state index < -0.39 is 6.04 Å². The minimum Gasteiger partial charge on any atom is -0.352 e. The SMILES string of the molecule is C[C@H](CCc1ccccc1)NC(=O)[C@H](C)n1nc(-c2ccccc2)c2cc(Cl)ccc21. The zero-order chi connectivity index (χ0) is 21.8. The predicted octanol–water partition coefficient (Wildman–Crippen LogP) is 6.06. The molecule has 1 amide bonds. The van der Waals surface area contributed by atoms with E-state index in [1.807, 2.05) is 80.6 Å². The third-order valence-electron chi connectivity index (χ3n) is 5.56. The van der Waals surface area contributed by atoms with Crippen LogP contribution in [0.2, 0.25) is 5.02 Å². The number of amides is 1. The molecule has 0 spiro atoms. The highest BCUT2D eigenvalue weighted by molar-refractivity contribution is 6.31. The quantitative estimate of drug-likeness (QED) is 0.387. The summed E-state index contributed by atoms with van der Waals surface area (Å²) in [4.78, 5) is 13.0. The number of benzene rings is 3. The van der Waals surface area contributed by atoms with E-state index in [0.717, 1.165) is 35.0 Å². The standard InChI is InChI=1S/C26H26ClN3O/c1-18(13-14-20-9-5-3-6-10-20)28-26(31)19(2)30-24-16-15-22(27)17-23(24)25(29-30)21-11-7-4-8-12-21/h3-12,15-19H,13-14H2,1-2H3,(H,28,31)/t18-,19+/m1/s1. The van der Waals surface area contributed by atoms with Crippen LogP contribution < -0.4 is 5.32 Å². The fraction of sp³-hybridized carbons (Fsp3) is 0.231. The Balaban J connectivity index is 1.54. The van der Waals surface area contributed by atoms with Crippen molar-refractivity contribution in [1.29, 1.82) is 0 Å². The number of hydrogen-bond donors (Lipinski definition) is 1. The molecule has 0 saturated heterocycles. The summed E-state index contributed by atoms with van der Waals surface area (Å²) in [5.74, 6) is -0.0421. The van der Waals surface area contributed by atoms with Crippen molar-refractivity contribution in [1.82, 2.24) is 15.1 Å². The van der Waals surface area contributed by atoms with Crippen molar-refractivity contribution in [2.75, 3.05) is 0 Å². The molecule has 5 heteroatoms. The van der Waals surface area contributed by atoms with Crippen LogP contribution in [-0.4, -0.2) is 21.7 Å². The van der Waals surface area contributed by atoms with Crippen molar-refractivity contribution in [3.63, 3.8) is 0 Å². The Morgan fingerprint density at radius 1 is 1.00 bits per heavy atom. The smallest absolute Gasteiger partial charge is 0.244 e. The van der Waals surface area contributed by atoms with Gasteiger partial charge < -0.3 is 5.32 Å². The lowest BCUT2D eigenvalue weighted by atomic mass is 10.1. The first kappa shape index (κ1) is 21.1. The first-order valence-electron chi connectivity index (χ1n) is 10.6. The second-order valence-electron chi connectivity index (χ2n) is 7.93. The lowest BCUT2D eigenvalue weighted by Crippen LogP contribution is -2.37. The van der Waals surface area contributed by atoms with Crippen molar-refractivity contribution in [3.05, 3.63) is 89.4 Å². The molecule has 0 unspecified atom stereocenters. The zero-order valence-corrected chi connectivity index (χ0v) is 18.5. The molecule has 0 radical (unpaired) electrons. The van der Waals surface area contributed by atoms with Crippen LogP contribution in [0.4, 0.5) is 0 Å². The van der Waals surface area contributed by atoms with Gasteiger partial charge >= 0.3 is 0 Å². The van der Waals surface area contributed by atoms with Crippen molar-refractivity contribution >= 4 is 28.4 Å². The van der Waals surface area contributed by atoms with Gasteiger partial charge in [0.15, 0.2) is 0 Å². The average molecular weight is 432 g/mol. The molecular weight excluding hydrogens is 406 g/mol. The summed E-state index contributed by atoms with van der Waals surface area (Å²) in [6.07, 6.45) is 1.81. The van der Waals surface area contributed by atoms with Gasteiger partial charge in [-0.05, 0) is 50.5 Å². The fourth-order valence-electron chi connectivity index (χ4n) is 3.79. The van der Waals surface area contributed by atoms with Gasteiger partial charge in [-0.1, -0.05) is 72.3 Å². The Labute approximate surface area is 187 Å². The third-order valence-corrected chi connectivity index (χ3v) is 5.79. The molecule has 0 aliphatic rings. The van der Waals surface area contributed by atoms with Gasteiger partial charge in [0.05, 0.1) is 5.52 Å². The van der Waals surface area contributed by atoms with Gasteiger partial charge in [-0.15, -0.1) is 0 Å². The van der Waals surface area contributed by atoms with Gasteiger partial charge in [0.2, 0.25) is 5.91 Å². The molecule has 1 N–H and O–H groups in total. The minimum atomic E-state index is -0.444. The Bertz CT molecular complexity index is 1170. The number of carbonyl (C=O) groups excluding carboxylic acids is 1. The molecule has 1 aromatic heterocycles. The first-order valence-corrected chi connectivity index (χ1v) is 11.0. The largest absolute Gasteiger partial charge is 0.352 e. The minimum absolute atomic E-state index is 0.0421. The molecular formula is C26H26ClN3O. The molecule has 4 aromatic rings. The molecule has 31 heavy (non-hydrogen) atoms. The number of nitrogens with zero attached hydrogens (tertiary/aromatic N) is 2. The fourth-order valence-corrected chi connectivity index (χ4v) is 3.96. The van der Waals surface area contributed by atoms with Gasteiger partial charge in [-0.25, -0.2) is 0 Å². The highest BCUT2D eigenvalue weighted by Gasteiger charge is 2.22. The highest BCUT2D eigenvalue weighted by atomic mass is 35.5. The van der Waals surface area contributed by atoms with Gasteiger partial charge in [-0.2, -0.15) is 5.10 Å². The van der Waals surface area contributed by atoms with Crippen LogP contribution in [0.5, 0.6) is 0 Å². The molecule has 1 heterocycles. The highest BCUT2D eigenvalue weighted by Crippen LogP contribution is 2.31. The summed E-state index contributed by atoms with van der Waals surface area (Å²) >= 11 is 6.27. The normalized spacial score (nSPS) is 13.1. The van der Waals surface area contributed by atoms with Crippen molar-refractivity contribution in [3.8, 4) is 11.3 Å². The predicted molar refractivity (Wildman–Crippen MR) is 127 cm³/mol. The summed E-state index contributed by atoms with van der Waals surface area (Å²) in [5.41, 5.74) is 3.99. The van der Waals surface area contributed by atoms with E-state index in [0.29, 0.717) is 5.02 Å². The van der Waals surface area contributed by atoms with E-state index >= 15 is 0 Å². The van der Waals surface area contributed by atoms with E-state index in [4.69, 9.17) is 16.7 Å². The molecule has 4 nitrogen and oxygen atoms in total. The Morgan fingerprint density at radius 3 is 2.39 bits per heavy atom. The number of rotatable bonds is 7. The molecule has 158 valence electrons. The van der Waals surface area contributed by atoms with Crippen molar-refractivity contribution < 1.29 is 4.79 Å². The van der Waals surface area contributed by atoms with E-state index in [1.54, 1.807) is 4.68 Å². The lowest BCUT2D eigenvalue weighted by Gasteiger charge is -2.18. The van der Waals surface area contributed by atoms with Crippen LogP contribution in [0.1, 0.15) is 31.9 Å². The molecule has 0 aliphatic carbocycles. The van der Waals surface area contributed by atoms with Gasteiger partial charge in [-0.3, -0.25) is 9.48 Å². The number of carbonyl (C=O) groups is 1. The Hall–Kier alpha value is -3.11. The van der Waals surface area contributed by atoms with Crippen LogP contribution in [0.15, 0.2) is 78.9 Å². The maximum atomic E-state index is 13.0. The van der Waals surface area contributed by atoms with E-state index in [-0.39, 0.29) is 11.9 Å². The number of hydrogen-bond acceptors (Lipinski definition) is 2. The average Bonchev–Trinajstić information content (AvgIpc) is 3.17. The van der Waals surface area contributed by atoms with Crippen LogP contribution in [0.3, 0.4) is 0 Å². The maximum Gasteiger partial charge on any atom is 0.244 e. The summed E-state index contributed by atoms with van der Waals surface area (Å²) in [6, 6.07) is 25.6. The van der Waals surface area contributed by atoms with Crippen LogP contribution in [0, 0.1) is 0 Å². The van der Waals surface area contributed by atoms with Crippen LogP contribution in [0.25, 0.3) is 22.2 Å². The molecule has 3 aromatic carbocycles. The molecule has 0 bridgehead atoms. The number of fused-ring (bicyclic) bond motifs is 1. The second-order valence-corrected chi connectivity index (χ2v) is 8.37. The summed E-state index contributed by atoms with van der Waals surface area (Å²) in [6.45, 7) is 3.93. The van der Waals surface area contributed by atoms with Gasteiger partial charge in [0.25, 0.3) is 0 Å². The first-order chi connectivity index (χ1) is 15.0. The molecule has 0 saturated carbocycles. The number of aryl methyl sites for hydroxylation is 1. The summed E-state index contributed by atoms with van der Waals surface area (Å²) in [5, 5.41) is 9.56. The zero-order valence-electron chi connectivity index (χ0n) is 17.8. The molecule has 4 rings (SSSR count). The third kappa shape index (κ3) is 4.80. The monoisotopic (exact) mass is 431 g/mol. The Morgan fingerprint density at radius 2 is 1.68 bits per heavy atom. The van der Waals surface area contributed by atoms with Crippen molar-refractivity contribution in [2.24, 2.45) is 0 Å². The van der Waals surface area contributed by atoms with Crippen molar-refractivity contribution in [2.45, 2.75) is 38.8 Å². The van der Waals surface area contributed by atoms with E-state index in [1.165, 1.54) is 5.56 Å². The number of aromatic nitrogens is 2. The molecule has 0 aliphatic heterocycles. The summed E-state index contributed by atoms with van der Waals surface area (Å²) < 4.78 is 1.80. The van der Waals surface area contributed by atoms with E-state index in [9.17, 15) is 4.79 Å². The second kappa shape index (κ2) is 9.36. The van der Waals surface area contributed by atoms with Gasteiger partial charge in [0, 0.05) is 22.0 Å². The van der Waals surface area contributed by atoms with Crippen LogP contribution in [-0.2, 0) is 11.2 Å². The topological polar surface area (TPSA) is 46.9 Å². The lowest BCUT2D eigenvalue weighted by molar-refractivity contribution is -0.124. The van der Waals surface area contributed by atoms with Gasteiger partial charge in [0.1, 0.15) is 11.7 Å². The maximum absolute atomic E-state index is 13.0. The molecule has 0 fully saturated rings.